The number of nitrogens with zero attached hydrogens (tertiary/aromatic N) is 1. The number of hydrogen-bond acceptors (Lipinski definition) is 3. The Bertz CT molecular complexity index is 633. The molecule has 0 atom stereocenters. The standard InChI is InChI=1S/C17H24N2O/c1-7-18-17-14(10(2)3)12(5)19-16-13(20-6)9-8-11(4)15(16)17/h8-10H,7H2,1-6H3,(H,18,19). The normalized spacial score (nSPS) is 11.2. The van der Waals surface area contributed by atoms with Crippen molar-refractivity contribution in [2.24, 2.45) is 0 Å². The number of nitrogens with one attached hydrogen (secondary N) is 1. The second-order valence-electron chi connectivity index (χ2n) is 5.48. The number of anilines is 1. The van der Waals surface area contributed by atoms with E-state index in [9.17, 15) is 0 Å². The maximum absolute atomic E-state index is 5.48. The van der Waals surface area contributed by atoms with E-state index in [0.717, 1.165) is 23.5 Å². The zero-order chi connectivity index (χ0) is 14.9. The molecule has 0 aliphatic carbocycles. The second kappa shape index (κ2) is 5.70. The number of benzene rings is 1. The van der Waals surface area contributed by atoms with Crippen LogP contribution in [0.25, 0.3) is 10.9 Å². The van der Waals surface area contributed by atoms with Crippen molar-refractivity contribution in [3.05, 3.63) is 29.0 Å². The van der Waals surface area contributed by atoms with Crippen molar-refractivity contribution in [2.45, 2.75) is 40.5 Å². The SMILES string of the molecule is CCNc1c(C(C)C)c(C)nc2c(OC)ccc(C)c12. The van der Waals surface area contributed by atoms with Crippen molar-refractivity contribution < 1.29 is 4.74 Å². The van der Waals surface area contributed by atoms with Gasteiger partial charge in [0, 0.05) is 23.3 Å². The lowest BCUT2D eigenvalue weighted by atomic mass is 9.94. The average Bonchev–Trinajstić information content (AvgIpc) is 2.38. The maximum atomic E-state index is 5.48. The van der Waals surface area contributed by atoms with Crippen molar-refractivity contribution in [1.29, 1.82) is 0 Å². The molecule has 3 heteroatoms. The highest BCUT2D eigenvalue weighted by atomic mass is 16.5. The third-order valence-corrected chi connectivity index (χ3v) is 3.69. The Morgan fingerprint density at radius 1 is 1.25 bits per heavy atom. The maximum Gasteiger partial charge on any atom is 0.145 e. The van der Waals surface area contributed by atoms with Crippen molar-refractivity contribution in [2.75, 3.05) is 19.0 Å². The van der Waals surface area contributed by atoms with Crippen molar-refractivity contribution >= 4 is 16.6 Å². The van der Waals surface area contributed by atoms with Gasteiger partial charge in [0.15, 0.2) is 0 Å². The Labute approximate surface area is 121 Å². The molecular weight excluding hydrogens is 248 g/mol. The van der Waals surface area contributed by atoms with Gasteiger partial charge in [-0.2, -0.15) is 0 Å². The summed E-state index contributed by atoms with van der Waals surface area (Å²) in [4.78, 5) is 4.81. The first-order valence-corrected chi connectivity index (χ1v) is 7.22. The van der Waals surface area contributed by atoms with E-state index < -0.39 is 0 Å². The van der Waals surface area contributed by atoms with Gasteiger partial charge in [-0.15, -0.1) is 0 Å². The molecule has 0 spiro atoms. The van der Waals surface area contributed by atoms with Gasteiger partial charge in [-0.05, 0) is 43.9 Å². The van der Waals surface area contributed by atoms with E-state index in [4.69, 9.17) is 9.72 Å². The quantitative estimate of drug-likeness (QED) is 0.895. The molecular formula is C17H24N2O. The molecule has 0 aliphatic rings. The number of fused-ring (bicyclic) bond motifs is 1. The number of methoxy groups -OCH3 is 1. The lowest BCUT2D eigenvalue weighted by Gasteiger charge is -2.21. The molecule has 1 aromatic heterocycles. The van der Waals surface area contributed by atoms with Crippen molar-refractivity contribution in [1.82, 2.24) is 4.98 Å². The Hall–Kier alpha value is -1.77. The molecule has 0 radical (unpaired) electrons. The van der Waals surface area contributed by atoms with Gasteiger partial charge in [-0.1, -0.05) is 19.9 Å². The van der Waals surface area contributed by atoms with Crippen molar-refractivity contribution in [3.63, 3.8) is 0 Å². The molecule has 1 N–H and O–H groups in total. The largest absolute Gasteiger partial charge is 0.494 e. The lowest BCUT2D eigenvalue weighted by molar-refractivity contribution is 0.418. The molecule has 1 aromatic carbocycles. The molecule has 0 fully saturated rings. The number of aromatic nitrogens is 1. The third-order valence-electron chi connectivity index (χ3n) is 3.69. The minimum Gasteiger partial charge on any atom is -0.494 e. The van der Waals surface area contributed by atoms with Crippen LogP contribution in [0.1, 0.15) is 43.5 Å². The van der Waals surface area contributed by atoms with Gasteiger partial charge in [0.05, 0.1) is 7.11 Å². The first-order chi connectivity index (χ1) is 9.51. The van der Waals surface area contributed by atoms with Crippen LogP contribution >= 0.6 is 0 Å². The molecule has 0 aliphatic heterocycles. The molecule has 108 valence electrons. The van der Waals surface area contributed by atoms with E-state index in [1.165, 1.54) is 22.2 Å². The van der Waals surface area contributed by atoms with E-state index >= 15 is 0 Å². The summed E-state index contributed by atoms with van der Waals surface area (Å²) in [5.74, 6) is 1.27. The summed E-state index contributed by atoms with van der Waals surface area (Å²) in [6.07, 6.45) is 0. The molecule has 2 rings (SSSR count). The Balaban J connectivity index is 2.93. The van der Waals surface area contributed by atoms with Gasteiger partial charge >= 0.3 is 0 Å². The van der Waals surface area contributed by atoms with Crippen LogP contribution in [-0.2, 0) is 0 Å². The summed E-state index contributed by atoms with van der Waals surface area (Å²) in [5, 5.41) is 4.72. The number of hydrogen-bond donors (Lipinski definition) is 1. The Morgan fingerprint density at radius 3 is 2.50 bits per heavy atom. The zero-order valence-electron chi connectivity index (χ0n) is 13.3. The van der Waals surface area contributed by atoms with E-state index in [1.54, 1.807) is 7.11 Å². The smallest absolute Gasteiger partial charge is 0.145 e. The second-order valence-corrected chi connectivity index (χ2v) is 5.48. The van der Waals surface area contributed by atoms with Gasteiger partial charge in [-0.3, -0.25) is 0 Å². The highest BCUT2D eigenvalue weighted by Gasteiger charge is 2.18. The highest BCUT2D eigenvalue weighted by Crippen LogP contribution is 2.38. The van der Waals surface area contributed by atoms with Gasteiger partial charge < -0.3 is 10.1 Å². The van der Waals surface area contributed by atoms with Gasteiger partial charge in [0.25, 0.3) is 0 Å². The zero-order valence-corrected chi connectivity index (χ0v) is 13.3. The molecule has 0 unspecified atom stereocenters. The molecule has 0 bridgehead atoms. The van der Waals surface area contributed by atoms with Crippen LogP contribution in [0.5, 0.6) is 5.75 Å². The predicted octanol–water partition coefficient (Wildman–Crippen LogP) is 4.42. The first-order valence-electron chi connectivity index (χ1n) is 7.22. The monoisotopic (exact) mass is 272 g/mol. The molecule has 3 nitrogen and oxygen atoms in total. The fourth-order valence-electron chi connectivity index (χ4n) is 2.87. The minimum atomic E-state index is 0.437. The van der Waals surface area contributed by atoms with Gasteiger partial charge in [0.2, 0.25) is 0 Å². The van der Waals surface area contributed by atoms with Gasteiger partial charge in [0.1, 0.15) is 11.3 Å². The molecule has 0 saturated heterocycles. The summed E-state index contributed by atoms with van der Waals surface area (Å²) >= 11 is 0. The number of pyridine rings is 1. The van der Waals surface area contributed by atoms with Crippen LogP contribution in [0.15, 0.2) is 12.1 Å². The molecule has 0 amide bonds. The molecule has 2 aromatic rings. The Kier molecular flexibility index (Phi) is 4.17. The lowest BCUT2D eigenvalue weighted by Crippen LogP contribution is -2.08. The van der Waals surface area contributed by atoms with E-state index in [1.807, 2.05) is 6.07 Å². The number of aryl methyl sites for hydroxylation is 2. The predicted molar refractivity (Wildman–Crippen MR) is 86.0 cm³/mol. The van der Waals surface area contributed by atoms with Crippen LogP contribution in [0, 0.1) is 13.8 Å². The van der Waals surface area contributed by atoms with Crippen molar-refractivity contribution in [3.8, 4) is 5.75 Å². The summed E-state index contributed by atoms with van der Waals surface area (Å²) in [5.41, 5.74) is 5.76. The number of ether oxygens (including phenoxy) is 1. The third kappa shape index (κ3) is 2.33. The van der Waals surface area contributed by atoms with E-state index in [-0.39, 0.29) is 0 Å². The fraction of sp³-hybridized carbons (Fsp3) is 0.471. The van der Waals surface area contributed by atoms with Gasteiger partial charge in [-0.25, -0.2) is 4.98 Å². The van der Waals surface area contributed by atoms with Crippen LogP contribution in [0.2, 0.25) is 0 Å². The first kappa shape index (κ1) is 14.6. The summed E-state index contributed by atoms with van der Waals surface area (Å²) in [7, 11) is 1.70. The Morgan fingerprint density at radius 2 is 1.95 bits per heavy atom. The highest BCUT2D eigenvalue weighted by molar-refractivity contribution is 5.99. The topological polar surface area (TPSA) is 34.2 Å². The van der Waals surface area contributed by atoms with E-state index in [0.29, 0.717) is 5.92 Å². The fourth-order valence-corrected chi connectivity index (χ4v) is 2.87. The van der Waals surface area contributed by atoms with Crippen LogP contribution < -0.4 is 10.1 Å². The molecule has 1 heterocycles. The number of rotatable bonds is 4. The minimum absolute atomic E-state index is 0.437. The summed E-state index contributed by atoms with van der Waals surface area (Å²) in [6.45, 7) is 11.7. The summed E-state index contributed by atoms with van der Waals surface area (Å²) < 4.78 is 5.48. The van der Waals surface area contributed by atoms with Crippen LogP contribution in [-0.4, -0.2) is 18.6 Å². The van der Waals surface area contributed by atoms with E-state index in [2.05, 4.69) is 46.0 Å². The summed E-state index contributed by atoms with van der Waals surface area (Å²) in [6, 6.07) is 4.10. The average molecular weight is 272 g/mol. The van der Waals surface area contributed by atoms with Crippen LogP contribution in [0.3, 0.4) is 0 Å². The molecule has 0 saturated carbocycles. The van der Waals surface area contributed by atoms with Crippen LogP contribution in [0.4, 0.5) is 5.69 Å². The molecule has 20 heavy (non-hydrogen) atoms.